The highest BCUT2D eigenvalue weighted by Crippen LogP contribution is 2.24. The lowest BCUT2D eigenvalue weighted by atomic mass is 9.98. The lowest BCUT2D eigenvalue weighted by Gasteiger charge is -2.26. The molecule has 0 saturated carbocycles. The minimum Gasteiger partial charge on any atom is -0.302 e. The van der Waals surface area contributed by atoms with E-state index >= 15 is 0 Å². The second-order valence-electron chi connectivity index (χ2n) is 5.42. The highest BCUT2D eigenvalue weighted by Gasteiger charge is 2.19. The molecule has 0 saturated heterocycles. The van der Waals surface area contributed by atoms with Crippen molar-refractivity contribution in [1.82, 2.24) is 10.3 Å². The summed E-state index contributed by atoms with van der Waals surface area (Å²) in [6.07, 6.45) is 1.86. The number of aromatic nitrogens is 1. The molecule has 0 aliphatic rings. The summed E-state index contributed by atoms with van der Waals surface area (Å²) in [5, 5.41) is 3.70. The van der Waals surface area contributed by atoms with E-state index in [0.717, 1.165) is 5.69 Å². The van der Waals surface area contributed by atoms with Crippen molar-refractivity contribution >= 4 is 22.6 Å². The molecule has 1 aromatic carbocycles. The summed E-state index contributed by atoms with van der Waals surface area (Å²) in [6, 6.07) is 15.4. The zero-order valence-electron chi connectivity index (χ0n) is 12.2. The minimum atomic E-state index is 0.269. The number of hydrogen-bond donors (Lipinski definition) is 1. The average Bonchev–Trinajstić information content (AvgIpc) is 2.46. The van der Waals surface area contributed by atoms with Crippen LogP contribution in [0.4, 0.5) is 0 Å². The van der Waals surface area contributed by atoms with Gasteiger partial charge in [0.25, 0.3) is 0 Å². The first-order valence-electron chi connectivity index (χ1n) is 7.00. The van der Waals surface area contributed by atoms with Gasteiger partial charge in [0.15, 0.2) is 0 Å². The molecular formula is C17H21IN2. The molecule has 106 valence electrons. The van der Waals surface area contributed by atoms with Crippen LogP contribution in [0.2, 0.25) is 0 Å². The van der Waals surface area contributed by atoms with Gasteiger partial charge in [-0.15, -0.1) is 0 Å². The molecule has 0 radical (unpaired) electrons. The third kappa shape index (κ3) is 4.03. The van der Waals surface area contributed by atoms with E-state index in [9.17, 15) is 0 Å². The van der Waals surface area contributed by atoms with Gasteiger partial charge in [-0.1, -0.05) is 32.0 Å². The van der Waals surface area contributed by atoms with Crippen LogP contribution in [-0.4, -0.2) is 4.98 Å². The second kappa shape index (κ2) is 7.18. The van der Waals surface area contributed by atoms with Crippen molar-refractivity contribution in [1.29, 1.82) is 0 Å². The standard InChI is InChI=1S/C17H21IN2/c1-12(2)17(16-6-4-5-11-19-16)20-13(3)14-7-9-15(18)10-8-14/h4-13,17,20H,1-3H3/t13-,17-/m1/s1. The first kappa shape index (κ1) is 15.4. The van der Waals surface area contributed by atoms with E-state index in [1.54, 1.807) is 0 Å². The predicted molar refractivity (Wildman–Crippen MR) is 92.5 cm³/mol. The van der Waals surface area contributed by atoms with Gasteiger partial charge in [-0.3, -0.25) is 4.98 Å². The van der Waals surface area contributed by atoms with Crippen LogP contribution in [0, 0.1) is 9.49 Å². The third-order valence-corrected chi connectivity index (χ3v) is 4.19. The van der Waals surface area contributed by atoms with Crippen LogP contribution >= 0.6 is 22.6 Å². The Kier molecular flexibility index (Phi) is 5.54. The molecule has 0 aliphatic heterocycles. The molecule has 2 atom stereocenters. The topological polar surface area (TPSA) is 24.9 Å². The predicted octanol–water partition coefficient (Wildman–Crippen LogP) is 4.73. The van der Waals surface area contributed by atoms with Crippen LogP contribution in [-0.2, 0) is 0 Å². The van der Waals surface area contributed by atoms with Gasteiger partial charge in [-0.25, -0.2) is 0 Å². The van der Waals surface area contributed by atoms with Crippen LogP contribution in [0.25, 0.3) is 0 Å². The van der Waals surface area contributed by atoms with Gasteiger partial charge in [-0.05, 0) is 65.3 Å². The number of benzene rings is 1. The number of rotatable bonds is 5. The van der Waals surface area contributed by atoms with Crippen LogP contribution < -0.4 is 5.32 Å². The molecule has 3 heteroatoms. The van der Waals surface area contributed by atoms with E-state index in [1.165, 1.54) is 9.13 Å². The molecule has 2 aromatic rings. The van der Waals surface area contributed by atoms with Gasteiger partial charge >= 0.3 is 0 Å². The summed E-state index contributed by atoms with van der Waals surface area (Å²) in [7, 11) is 0. The largest absolute Gasteiger partial charge is 0.302 e. The van der Waals surface area contributed by atoms with Crippen molar-refractivity contribution in [3.05, 3.63) is 63.5 Å². The highest BCUT2D eigenvalue weighted by atomic mass is 127. The van der Waals surface area contributed by atoms with Gasteiger partial charge in [0.2, 0.25) is 0 Å². The maximum absolute atomic E-state index is 4.50. The van der Waals surface area contributed by atoms with E-state index in [0.29, 0.717) is 12.0 Å². The minimum absolute atomic E-state index is 0.269. The average molecular weight is 380 g/mol. The van der Waals surface area contributed by atoms with Crippen molar-refractivity contribution in [2.75, 3.05) is 0 Å². The van der Waals surface area contributed by atoms with Gasteiger partial charge in [0.1, 0.15) is 0 Å². The molecule has 2 rings (SSSR count). The molecule has 0 bridgehead atoms. The molecule has 0 spiro atoms. The zero-order chi connectivity index (χ0) is 14.5. The Morgan fingerprint density at radius 2 is 1.70 bits per heavy atom. The van der Waals surface area contributed by atoms with Crippen LogP contribution in [0.15, 0.2) is 48.7 Å². The lowest BCUT2D eigenvalue weighted by molar-refractivity contribution is 0.367. The van der Waals surface area contributed by atoms with E-state index < -0.39 is 0 Å². The summed E-state index contributed by atoms with van der Waals surface area (Å²) >= 11 is 2.33. The van der Waals surface area contributed by atoms with Crippen LogP contribution in [0.3, 0.4) is 0 Å². The van der Waals surface area contributed by atoms with Gasteiger partial charge < -0.3 is 5.32 Å². The molecule has 0 aliphatic carbocycles. The van der Waals surface area contributed by atoms with Gasteiger partial charge in [-0.2, -0.15) is 0 Å². The van der Waals surface area contributed by atoms with E-state index in [2.05, 4.69) is 90.1 Å². The summed E-state index contributed by atoms with van der Waals surface area (Å²) in [5.41, 5.74) is 2.42. The van der Waals surface area contributed by atoms with Crippen molar-refractivity contribution < 1.29 is 0 Å². The van der Waals surface area contributed by atoms with Crippen LogP contribution in [0.5, 0.6) is 0 Å². The summed E-state index contributed by atoms with van der Waals surface area (Å²) < 4.78 is 1.27. The van der Waals surface area contributed by atoms with Crippen molar-refractivity contribution in [3.63, 3.8) is 0 Å². The molecular weight excluding hydrogens is 359 g/mol. The molecule has 2 nitrogen and oxygen atoms in total. The Morgan fingerprint density at radius 3 is 2.25 bits per heavy atom. The van der Waals surface area contributed by atoms with Crippen molar-refractivity contribution in [2.45, 2.75) is 32.9 Å². The number of halogens is 1. The molecule has 0 amide bonds. The molecule has 1 N–H and O–H groups in total. The summed E-state index contributed by atoms with van der Waals surface area (Å²) in [5.74, 6) is 0.496. The van der Waals surface area contributed by atoms with E-state index in [1.807, 2.05) is 12.3 Å². The fraction of sp³-hybridized carbons (Fsp3) is 0.353. The Balaban J connectivity index is 2.14. The summed E-state index contributed by atoms with van der Waals surface area (Å²) in [4.78, 5) is 4.50. The van der Waals surface area contributed by atoms with Crippen LogP contribution in [0.1, 0.15) is 44.1 Å². The van der Waals surface area contributed by atoms with E-state index in [4.69, 9.17) is 0 Å². The van der Waals surface area contributed by atoms with Crippen molar-refractivity contribution in [3.8, 4) is 0 Å². The third-order valence-electron chi connectivity index (χ3n) is 3.47. The maximum Gasteiger partial charge on any atom is 0.0575 e. The highest BCUT2D eigenvalue weighted by molar-refractivity contribution is 14.1. The SMILES string of the molecule is CC(C)[C@@H](N[C@H](C)c1ccc(I)cc1)c1ccccn1. The zero-order valence-corrected chi connectivity index (χ0v) is 14.3. The first-order valence-corrected chi connectivity index (χ1v) is 8.08. The number of nitrogens with zero attached hydrogens (tertiary/aromatic N) is 1. The Bertz CT molecular complexity index is 522. The Morgan fingerprint density at radius 1 is 1.00 bits per heavy atom. The normalized spacial score (nSPS) is 14.2. The number of pyridine rings is 1. The fourth-order valence-corrected chi connectivity index (χ4v) is 2.66. The first-order chi connectivity index (χ1) is 9.58. The van der Waals surface area contributed by atoms with Gasteiger partial charge in [0, 0.05) is 15.8 Å². The molecule has 20 heavy (non-hydrogen) atoms. The number of hydrogen-bond acceptors (Lipinski definition) is 2. The molecule has 0 fully saturated rings. The van der Waals surface area contributed by atoms with Crippen molar-refractivity contribution in [2.24, 2.45) is 5.92 Å². The lowest BCUT2D eigenvalue weighted by Crippen LogP contribution is -2.29. The molecule has 1 heterocycles. The quantitative estimate of drug-likeness (QED) is 0.759. The maximum atomic E-state index is 4.50. The summed E-state index contributed by atoms with van der Waals surface area (Å²) in [6.45, 7) is 6.67. The Labute approximate surface area is 135 Å². The monoisotopic (exact) mass is 380 g/mol. The Hall–Kier alpha value is -0.940. The second-order valence-corrected chi connectivity index (χ2v) is 6.66. The number of nitrogens with one attached hydrogen (secondary N) is 1. The fourth-order valence-electron chi connectivity index (χ4n) is 2.30. The van der Waals surface area contributed by atoms with Gasteiger partial charge in [0.05, 0.1) is 11.7 Å². The van der Waals surface area contributed by atoms with E-state index in [-0.39, 0.29) is 6.04 Å². The smallest absolute Gasteiger partial charge is 0.0575 e. The molecule has 1 aromatic heterocycles. The molecule has 0 unspecified atom stereocenters.